The molecule has 0 aromatic heterocycles. The smallest absolute Gasteiger partial charge is 0.321 e. The number of piperazine rings is 1. The molecule has 30 heavy (non-hydrogen) atoms. The van der Waals surface area contributed by atoms with Gasteiger partial charge in [0.05, 0.1) is 6.04 Å². The second kappa shape index (κ2) is 9.85. The molecule has 3 rings (SSSR count). The van der Waals surface area contributed by atoms with Crippen LogP contribution < -0.4 is 10.6 Å². The average Bonchev–Trinajstić information content (AvgIpc) is 2.75. The number of hydrogen-bond acceptors (Lipinski definition) is 2. The quantitative estimate of drug-likeness (QED) is 0.468. The molecule has 0 saturated carbocycles. The molecule has 1 atom stereocenters. The van der Waals surface area contributed by atoms with E-state index in [4.69, 9.17) is 17.0 Å². The van der Waals surface area contributed by atoms with Crippen LogP contribution in [0.2, 0.25) is 5.02 Å². The standard InChI is InChI=1S/C23H30ClN5O/c1-4-17-7-5-6-8-20(17)27-22(25)29-14-13-28(15-21(29)16(2)3)23(30)26-19-11-9-18(24)10-12-19/h5-12,16,21H,4,13-15H2,1-3H3,(H2,25,27)(H,26,30). The molecule has 1 fully saturated rings. The summed E-state index contributed by atoms with van der Waals surface area (Å²) in [5.41, 5.74) is 2.87. The predicted molar refractivity (Wildman–Crippen MR) is 125 cm³/mol. The highest BCUT2D eigenvalue weighted by molar-refractivity contribution is 6.30. The summed E-state index contributed by atoms with van der Waals surface area (Å²) >= 11 is 5.92. The van der Waals surface area contributed by atoms with Crippen LogP contribution in [0.15, 0.2) is 48.5 Å². The van der Waals surface area contributed by atoms with Crippen LogP contribution in [0.25, 0.3) is 0 Å². The molecule has 1 unspecified atom stereocenters. The fourth-order valence-corrected chi connectivity index (χ4v) is 3.85. The summed E-state index contributed by atoms with van der Waals surface area (Å²) in [5.74, 6) is 0.673. The van der Waals surface area contributed by atoms with E-state index >= 15 is 0 Å². The molecule has 1 heterocycles. The normalized spacial score (nSPS) is 16.5. The predicted octanol–water partition coefficient (Wildman–Crippen LogP) is 5.12. The molecule has 2 amide bonds. The van der Waals surface area contributed by atoms with E-state index in [0.717, 1.165) is 17.8 Å². The van der Waals surface area contributed by atoms with Crippen molar-refractivity contribution in [2.24, 2.45) is 5.92 Å². The van der Waals surface area contributed by atoms with Crippen molar-refractivity contribution in [1.82, 2.24) is 9.80 Å². The Bertz CT molecular complexity index is 883. The summed E-state index contributed by atoms with van der Waals surface area (Å²) in [6.07, 6.45) is 0.905. The Balaban J connectivity index is 1.66. The van der Waals surface area contributed by atoms with Crippen molar-refractivity contribution in [3.05, 3.63) is 59.1 Å². The number of urea groups is 1. The fraction of sp³-hybridized carbons (Fsp3) is 0.391. The number of benzene rings is 2. The van der Waals surface area contributed by atoms with Crippen molar-refractivity contribution in [2.45, 2.75) is 33.2 Å². The van der Waals surface area contributed by atoms with Gasteiger partial charge in [0.25, 0.3) is 0 Å². The van der Waals surface area contributed by atoms with E-state index in [1.54, 1.807) is 24.3 Å². The molecule has 1 aliphatic heterocycles. The van der Waals surface area contributed by atoms with Crippen LogP contribution in [-0.2, 0) is 6.42 Å². The summed E-state index contributed by atoms with van der Waals surface area (Å²) in [4.78, 5) is 16.7. The average molecular weight is 428 g/mol. The first-order valence-corrected chi connectivity index (χ1v) is 10.8. The number of aryl methyl sites for hydroxylation is 1. The third-order valence-corrected chi connectivity index (χ3v) is 5.76. The second-order valence-corrected chi connectivity index (χ2v) is 8.31. The van der Waals surface area contributed by atoms with Crippen molar-refractivity contribution in [3.63, 3.8) is 0 Å². The molecular formula is C23H30ClN5O. The highest BCUT2D eigenvalue weighted by Gasteiger charge is 2.33. The first kappa shape index (κ1) is 22.0. The van der Waals surface area contributed by atoms with Crippen LogP contribution >= 0.6 is 11.6 Å². The summed E-state index contributed by atoms with van der Waals surface area (Å²) < 4.78 is 0. The Hall–Kier alpha value is -2.73. The highest BCUT2D eigenvalue weighted by Crippen LogP contribution is 2.22. The summed E-state index contributed by atoms with van der Waals surface area (Å²) in [7, 11) is 0. The van der Waals surface area contributed by atoms with Gasteiger partial charge in [-0.15, -0.1) is 0 Å². The van der Waals surface area contributed by atoms with Gasteiger partial charge in [-0.25, -0.2) is 4.79 Å². The molecule has 1 saturated heterocycles. The zero-order valence-corrected chi connectivity index (χ0v) is 18.5. The van der Waals surface area contributed by atoms with Gasteiger partial charge in [0.1, 0.15) is 0 Å². The van der Waals surface area contributed by atoms with E-state index < -0.39 is 0 Å². The van der Waals surface area contributed by atoms with Crippen LogP contribution in [0.1, 0.15) is 26.3 Å². The van der Waals surface area contributed by atoms with Crippen molar-refractivity contribution in [2.75, 3.05) is 30.3 Å². The largest absolute Gasteiger partial charge is 0.336 e. The van der Waals surface area contributed by atoms with E-state index in [-0.39, 0.29) is 12.1 Å². The molecule has 7 heteroatoms. The number of halogens is 1. The Morgan fingerprint density at radius 1 is 1.13 bits per heavy atom. The molecule has 0 radical (unpaired) electrons. The van der Waals surface area contributed by atoms with Gasteiger partial charge in [-0.1, -0.05) is 50.6 Å². The van der Waals surface area contributed by atoms with Crippen LogP contribution in [0.4, 0.5) is 16.2 Å². The fourth-order valence-electron chi connectivity index (χ4n) is 3.73. The zero-order chi connectivity index (χ0) is 21.7. The van der Waals surface area contributed by atoms with Crippen molar-refractivity contribution < 1.29 is 4.79 Å². The lowest BCUT2D eigenvalue weighted by Crippen LogP contribution is -2.60. The van der Waals surface area contributed by atoms with Gasteiger partial charge in [-0.3, -0.25) is 5.41 Å². The topological polar surface area (TPSA) is 71.5 Å². The first-order valence-electron chi connectivity index (χ1n) is 10.4. The number of anilines is 2. The molecule has 0 aliphatic carbocycles. The Labute approximate surface area is 183 Å². The molecule has 0 bridgehead atoms. The lowest BCUT2D eigenvalue weighted by molar-refractivity contribution is 0.119. The van der Waals surface area contributed by atoms with E-state index in [1.807, 2.05) is 23.1 Å². The van der Waals surface area contributed by atoms with E-state index in [1.165, 1.54) is 5.56 Å². The molecule has 6 nitrogen and oxygen atoms in total. The minimum absolute atomic E-state index is 0.0588. The number of nitrogens with zero attached hydrogens (tertiary/aromatic N) is 2. The minimum atomic E-state index is -0.126. The minimum Gasteiger partial charge on any atom is -0.336 e. The number of amides is 2. The number of para-hydroxylation sites is 1. The van der Waals surface area contributed by atoms with Gasteiger partial charge in [0, 0.05) is 36.0 Å². The van der Waals surface area contributed by atoms with Gasteiger partial charge in [-0.2, -0.15) is 0 Å². The summed E-state index contributed by atoms with van der Waals surface area (Å²) in [6.45, 7) is 8.10. The van der Waals surface area contributed by atoms with Crippen LogP contribution in [0.5, 0.6) is 0 Å². The Morgan fingerprint density at radius 3 is 2.50 bits per heavy atom. The molecule has 1 aliphatic rings. The highest BCUT2D eigenvalue weighted by atomic mass is 35.5. The number of guanidine groups is 1. The molecule has 3 N–H and O–H groups in total. The van der Waals surface area contributed by atoms with E-state index in [0.29, 0.717) is 36.5 Å². The summed E-state index contributed by atoms with van der Waals surface area (Å²) in [5, 5.41) is 15.5. The van der Waals surface area contributed by atoms with Gasteiger partial charge in [0.2, 0.25) is 0 Å². The van der Waals surface area contributed by atoms with Crippen molar-refractivity contribution in [3.8, 4) is 0 Å². The number of nitrogens with one attached hydrogen (secondary N) is 3. The maximum Gasteiger partial charge on any atom is 0.321 e. The van der Waals surface area contributed by atoms with Crippen LogP contribution in [0, 0.1) is 11.3 Å². The zero-order valence-electron chi connectivity index (χ0n) is 17.8. The molecular weight excluding hydrogens is 398 g/mol. The third-order valence-electron chi connectivity index (χ3n) is 5.51. The summed E-state index contributed by atoms with van der Waals surface area (Å²) in [6, 6.07) is 15.1. The van der Waals surface area contributed by atoms with Crippen LogP contribution in [0.3, 0.4) is 0 Å². The van der Waals surface area contributed by atoms with E-state index in [2.05, 4.69) is 42.4 Å². The lowest BCUT2D eigenvalue weighted by atomic mass is 10.00. The molecule has 0 spiro atoms. The molecule has 2 aromatic carbocycles. The molecule has 2 aromatic rings. The first-order chi connectivity index (χ1) is 14.4. The number of hydrogen-bond donors (Lipinski definition) is 3. The van der Waals surface area contributed by atoms with Crippen molar-refractivity contribution >= 4 is 35.0 Å². The SMILES string of the molecule is CCc1ccccc1NC(=N)N1CCN(C(=O)Nc2ccc(Cl)cc2)CC1C(C)C. The molecule has 160 valence electrons. The Kier molecular flexibility index (Phi) is 7.21. The van der Waals surface area contributed by atoms with Crippen LogP contribution in [-0.4, -0.2) is 47.5 Å². The number of carbonyl (C=O) groups excluding carboxylic acids is 1. The van der Waals surface area contributed by atoms with Gasteiger partial charge >= 0.3 is 6.03 Å². The van der Waals surface area contributed by atoms with Gasteiger partial charge in [-0.05, 0) is 48.2 Å². The number of rotatable bonds is 4. The maximum atomic E-state index is 12.8. The monoisotopic (exact) mass is 427 g/mol. The van der Waals surface area contributed by atoms with Gasteiger partial charge in [0.15, 0.2) is 5.96 Å². The lowest BCUT2D eigenvalue weighted by Gasteiger charge is -2.44. The van der Waals surface area contributed by atoms with E-state index in [9.17, 15) is 4.79 Å². The maximum absolute atomic E-state index is 12.8. The second-order valence-electron chi connectivity index (χ2n) is 7.87. The number of carbonyl (C=O) groups is 1. The Morgan fingerprint density at radius 2 is 1.83 bits per heavy atom. The van der Waals surface area contributed by atoms with Crippen molar-refractivity contribution in [1.29, 1.82) is 5.41 Å². The van der Waals surface area contributed by atoms with Gasteiger partial charge < -0.3 is 20.4 Å². The third kappa shape index (κ3) is 5.25.